The third-order valence-electron chi connectivity index (χ3n) is 2.61. The molecule has 0 aromatic heterocycles. The molecule has 1 heterocycles. The Balaban J connectivity index is 2.16. The molecule has 1 spiro atoms. The fourth-order valence-corrected chi connectivity index (χ4v) is 1.71. The average molecular weight is 122 g/mol. The molecule has 1 saturated carbocycles. The molecule has 2 aliphatic rings. The lowest BCUT2D eigenvalue weighted by Gasteiger charge is -2.07. The van der Waals surface area contributed by atoms with Gasteiger partial charge in [0.05, 0.1) is 6.07 Å². The molecule has 9 heavy (non-hydrogen) atoms. The maximum absolute atomic E-state index is 8.63. The largest absolute Gasteiger partial charge is 0.301 e. The Morgan fingerprint density at radius 1 is 1.44 bits per heavy atom. The van der Waals surface area contributed by atoms with E-state index in [-0.39, 0.29) is 6.04 Å². The highest BCUT2D eigenvalue weighted by atomic mass is 15.0. The average Bonchev–Trinajstić information content (AvgIpc) is 2.45. The van der Waals surface area contributed by atoms with Crippen LogP contribution in [-0.4, -0.2) is 12.6 Å². The predicted octanol–water partition coefficient (Wildman–Crippen LogP) is 0.652. The second-order valence-corrected chi connectivity index (χ2v) is 3.13. The summed E-state index contributed by atoms with van der Waals surface area (Å²) < 4.78 is 0. The number of rotatable bonds is 0. The van der Waals surface area contributed by atoms with Gasteiger partial charge in [-0.2, -0.15) is 5.26 Å². The summed E-state index contributed by atoms with van der Waals surface area (Å²) in [5, 5.41) is 11.8. The lowest BCUT2D eigenvalue weighted by Crippen LogP contribution is -2.25. The Hall–Kier alpha value is -0.550. The van der Waals surface area contributed by atoms with Gasteiger partial charge in [-0.3, -0.25) is 0 Å². The number of hydrogen-bond acceptors (Lipinski definition) is 2. The van der Waals surface area contributed by atoms with E-state index < -0.39 is 0 Å². The Kier molecular flexibility index (Phi) is 0.866. The van der Waals surface area contributed by atoms with Gasteiger partial charge in [0, 0.05) is 5.41 Å². The number of nitrogens with one attached hydrogen (secondary N) is 1. The highest BCUT2D eigenvalue weighted by Crippen LogP contribution is 2.53. The van der Waals surface area contributed by atoms with Crippen molar-refractivity contribution < 1.29 is 0 Å². The Morgan fingerprint density at radius 3 is 2.67 bits per heavy atom. The summed E-state index contributed by atoms with van der Waals surface area (Å²) >= 11 is 0. The van der Waals surface area contributed by atoms with Crippen LogP contribution in [0.4, 0.5) is 0 Å². The molecule has 0 aromatic rings. The van der Waals surface area contributed by atoms with Gasteiger partial charge in [0.2, 0.25) is 0 Å². The zero-order valence-electron chi connectivity index (χ0n) is 5.35. The predicted molar refractivity (Wildman–Crippen MR) is 33.7 cm³/mol. The summed E-state index contributed by atoms with van der Waals surface area (Å²) in [6, 6.07) is 2.48. The fourth-order valence-electron chi connectivity index (χ4n) is 1.71. The molecule has 1 unspecified atom stereocenters. The van der Waals surface area contributed by atoms with Gasteiger partial charge in [-0.15, -0.1) is 0 Å². The summed E-state index contributed by atoms with van der Waals surface area (Å²) in [4.78, 5) is 0. The second-order valence-electron chi connectivity index (χ2n) is 3.13. The van der Waals surface area contributed by atoms with E-state index in [2.05, 4.69) is 11.4 Å². The Labute approximate surface area is 54.9 Å². The van der Waals surface area contributed by atoms with Crippen molar-refractivity contribution in [2.24, 2.45) is 5.41 Å². The van der Waals surface area contributed by atoms with Gasteiger partial charge in [0.15, 0.2) is 0 Å². The van der Waals surface area contributed by atoms with Crippen LogP contribution in [0.15, 0.2) is 0 Å². The smallest absolute Gasteiger partial charge is 0.101 e. The van der Waals surface area contributed by atoms with Crippen molar-refractivity contribution in [3.05, 3.63) is 0 Å². The van der Waals surface area contributed by atoms with E-state index in [1.165, 1.54) is 19.3 Å². The van der Waals surface area contributed by atoms with Crippen molar-refractivity contribution >= 4 is 0 Å². The van der Waals surface area contributed by atoms with Crippen LogP contribution >= 0.6 is 0 Å². The molecular formula is C7H10N2. The molecule has 0 aromatic carbocycles. The minimum atomic E-state index is 0.178. The van der Waals surface area contributed by atoms with E-state index in [9.17, 15) is 0 Å². The number of hydrogen-bond donors (Lipinski definition) is 1. The van der Waals surface area contributed by atoms with Crippen molar-refractivity contribution in [2.45, 2.75) is 25.3 Å². The van der Waals surface area contributed by atoms with Crippen molar-refractivity contribution in [1.29, 1.82) is 5.26 Å². The van der Waals surface area contributed by atoms with E-state index >= 15 is 0 Å². The molecule has 1 saturated heterocycles. The summed E-state index contributed by atoms with van der Waals surface area (Å²) in [6.07, 6.45) is 3.78. The van der Waals surface area contributed by atoms with Crippen LogP contribution in [0.25, 0.3) is 0 Å². The molecule has 2 nitrogen and oxygen atoms in total. The lowest BCUT2D eigenvalue weighted by atomic mass is 9.99. The van der Waals surface area contributed by atoms with Crippen LogP contribution in [0.5, 0.6) is 0 Å². The molecule has 1 atom stereocenters. The van der Waals surface area contributed by atoms with E-state index in [1.54, 1.807) is 0 Å². The molecule has 0 bridgehead atoms. The Morgan fingerprint density at radius 2 is 2.22 bits per heavy atom. The summed E-state index contributed by atoms with van der Waals surface area (Å²) in [5.74, 6) is 0. The summed E-state index contributed by atoms with van der Waals surface area (Å²) in [5.41, 5.74) is 0.439. The van der Waals surface area contributed by atoms with Gasteiger partial charge in [-0.05, 0) is 25.8 Å². The lowest BCUT2D eigenvalue weighted by molar-refractivity contribution is 0.503. The second kappa shape index (κ2) is 1.48. The number of nitriles is 1. The van der Waals surface area contributed by atoms with Crippen molar-refractivity contribution in [3.8, 4) is 6.07 Å². The van der Waals surface area contributed by atoms with Gasteiger partial charge in [0.25, 0.3) is 0 Å². The zero-order chi connectivity index (χ0) is 6.32. The summed E-state index contributed by atoms with van der Waals surface area (Å²) in [7, 11) is 0. The molecule has 0 amide bonds. The van der Waals surface area contributed by atoms with Crippen molar-refractivity contribution in [2.75, 3.05) is 6.54 Å². The van der Waals surface area contributed by atoms with E-state index in [0.717, 1.165) is 6.54 Å². The molecule has 48 valence electrons. The van der Waals surface area contributed by atoms with E-state index in [0.29, 0.717) is 5.41 Å². The maximum atomic E-state index is 8.63. The third-order valence-corrected chi connectivity index (χ3v) is 2.61. The third kappa shape index (κ3) is 0.585. The molecule has 1 aliphatic heterocycles. The highest BCUT2D eigenvalue weighted by molar-refractivity contribution is 5.14. The molecular weight excluding hydrogens is 112 g/mol. The Bertz CT molecular complexity index is 164. The van der Waals surface area contributed by atoms with Crippen LogP contribution in [0, 0.1) is 16.7 Å². The number of nitrogens with zero attached hydrogens (tertiary/aromatic N) is 1. The minimum absolute atomic E-state index is 0.178. The van der Waals surface area contributed by atoms with E-state index in [1.807, 2.05) is 0 Å². The van der Waals surface area contributed by atoms with Crippen LogP contribution in [0.2, 0.25) is 0 Å². The topological polar surface area (TPSA) is 35.8 Å². The van der Waals surface area contributed by atoms with Crippen LogP contribution in [-0.2, 0) is 0 Å². The molecule has 2 rings (SSSR count). The molecule has 1 N–H and O–H groups in total. The fraction of sp³-hybridized carbons (Fsp3) is 0.857. The van der Waals surface area contributed by atoms with E-state index in [4.69, 9.17) is 5.26 Å². The SMILES string of the molecule is N#CC1NCCC12CC2. The monoisotopic (exact) mass is 122 g/mol. The normalized spacial score (nSPS) is 36.6. The van der Waals surface area contributed by atoms with Gasteiger partial charge in [-0.1, -0.05) is 0 Å². The van der Waals surface area contributed by atoms with Crippen molar-refractivity contribution in [3.63, 3.8) is 0 Å². The summed E-state index contributed by atoms with van der Waals surface area (Å²) in [6.45, 7) is 1.05. The quantitative estimate of drug-likeness (QED) is 0.512. The molecule has 1 aliphatic carbocycles. The van der Waals surface area contributed by atoms with Gasteiger partial charge < -0.3 is 5.32 Å². The van der Waals surface area contributed by atoms with Crippen molar-refractivity contribution in [1.82, 2.24) is 5.32 Å². The first kappa shape index (κ1) is 5.25. The first-order valence-corrected chi connectivity index (χ1v) is 3.50. The first-order valence-electron chi connectivity index (χ1n) is 3.50. The van der Waals surface area contributed by atoms with Gasteiger partial charge >= 0.3 is 0 Å². The standard InChI is InChI=1S/C7H10N2/c8-5-6-7(1-2-7)3-4-9-6/h6,9H,1-4H2. The van der Waals surface area contributed by atoms with Crippen LogP contribution < -0.4 is 5.32 Å². The highest BCUT2D eigenvalue weighted by Gasteiger charge is 2.52. The maximum Gasteiger partial charge on any atom is 0.101 e. The van der Waals surface area contributed by atoms with Gasteiger partial charge in [-0.25, -0.2) is 0 Å². The van der Waals surface area contributed by atoms with Gasteiger partial charge in [0.1, 0.15) is 6.04 Å². The minimum Gasteiger partial charge on any atom is -0.301 e. The van der Waals surface area contributed by atoms with Crippen LogP contribution in [0.1, 0.15) is 19.3 Å². The molecule has 2 heteroatoms. The zero-order valence-corrected chi connectivity index (χ0v) is 5.35. The molecule has 0 radical (unpaired) electrons. The first-order chi connectivity index (χ1) is 4.37. The van der Waals surface area contributed by atoms with Crippen LogP contribution in [0.3, 0.4) is 0 Å². The molecule has 2 fully saturated rings.